The number of carbonyl (C=O) groups is 1. The summed E-state index contributed by atoms with van der Waals surface area (Å²) in [6.45, 7) is 41.1. The highest BCUT2D eigenvalue weighted by molar-refractivity contribution is 7.16. The number of nitrogens with zero attached hydrogens (tertiary/aromatic N) is 18. The number of carboxylic acids is 1. The molecule has 21 nitrogen and oxygen atoms in total. The van der Waals surface area contributed by atoms with Crippen molar-refractivity contribution in [1.29, 1.82) is 5.26 Å². The van der Waals surface area contributed by atoms with E-state index >= 15 is 0 Å². The minimum absolute atomic E-state index is 0.0701. The largest absolute Gasteiger partial charge is 0.481 e. The van der Waals surface area contributed by atoms with Gasteiger partial charge in [0.1, 0.15) is 23.1 Å². The fourth-order valence-electron chi connectivity index (χ4n) is 10.3. The summed E-state index contributed by atoms with van der Waals surface area (Å²) in [5, 5.41) is 73.6. The first-order valence-corrected chi connectivity index (χ1v) is 28.1. The molecule has 22 heteroatoms. The molecule has 6 aromatic heterocycles. The van der Waals surface area contributed by atoms with Gasteiger partial charge in [-0.3, -0.25) is 4.79 Å². The monoisotopic (exact) mass is 1130 g/mol. The zero-order valence-corrected chi connectivity index (χ0v) is 51.0. The van der Waals surface area contributed by atoms with Crippen LogP contribution in [0.25, 0.3) is 32.1 Å². The number of rotatable bonds is 15. The van der Waals surface area contributed by atoms with Gasteiger partial charge in [-0.2, -0.15) is 39.5 Å². The molecular formula is C61H69N19O2S. The number of aryl methyl sites for hydroxylation is 8. The van der Waals surface area contributed by atoms with E-state index in [0.717, 1.165) is 61.7 Å². The zero-order chi connectivity index (χ0) is 60.2. The van der Waals surface area contributed by atoms with E-state index in [1.165, 1.54) is 14.9 Å². The van der Waals surface area contributed by atoms with Crippen molar-refractivity contribution in [3.8, 4) is 27.7 Å². The van der Waals surface area contributed by atoms with Crippen LogP contribution in [0.2, 0.25) is 0 Å². The molecule has 0 aliphatic rings. The van der Waals surface area contributed by atoms with Gasteiger partial charge in [0, 0.05) is 47.8 Å². The van der Waals surface area contributed by atoms with Crippen molar-refractivity contribution in [1.82, 2.24) is 54.1 Å². The number of benzene rings is 3. The Morgan fingerprint density at radius 2 is 1.28 bits per heavy atom. The van der Waals surface area contributed by atoms with Crippen LogP contribution in [0.4, 0.5) is 51.7 Å². The summed E-state index contributed by atoms with van der Waals surface area (Å²) < 4.78 is 6.37. The van der Waals surface area contributed by atoms with Gasteiger partial charge in [0.15, 0.2) is 34.6 Å². The Morgan fingerprint density at radius 1 is 0.723 bits per heavy atom. The van der Waals surface area contributed by atoms with Crippen LogP contribution in [0.15, 0.2) is 81.1 Å². The SMILES string of the molecule is [C-]#[N+]c1c(C(C)(C)C)nn(-c2nnc(-n3nc(C(C)(C)C)c(C#N)c3N=Nc3c(C)cc(N(C)c4c(C)cc(C)cc4C)nc3Nc3c(C)cc(C)cc3C)s2)c1N=Nc1c(C(C)(C)C)nn2c(-c3ccccc3)nn(CCCC(=O)O)c12. The summed E-state index contributed by atoms with van der Waals surface area (Å²) in [6.07, 6.45) is 0.226. The Labute approximate surface area is 487 Å². The lowest BCUT2D eigenvalue weighted by Crippen LogP contribution is -2.15. The van der Waals surface area contributed by atoms with E-state index in [9.17, 15) is 15.2 Å². The molecule has 9 aromatic rings. The molecule has 0 bridgehead atoms. The molecule has 0 saturated heterocycles. The van der Waals surface area contributed by atoms with Crippen LogP contribution in [0.1, 0.15) is 137 Å². The summed E-state index contributed by atoms with van der Waals surface area (Å²) in [5.41, 5.74) is 11.5. The van der Waals surface area contributed by atoms with Crippen molar-refractivity contribution in [2.75, 3.05) is 17.3 Å². The van der Waals surface area contributed by atoms with Crippen LogP contribution >= 0.6 is 11.3 Å². The number of hydrogen-bond donors (Lipinski definition) is 2. The summed E-state index contributed by atoms with van der Waals surface area (Å²) >= 11 is 1.10. The number of pyridine rings is 1. The number of hydrogen-bond acceptors (Lipinski definition) is 16. The summed E-state index contributed by atoms with van der Waals surface area (Å²) in [6, 6.07) is 22.5. The Kier molecular flexibility index (Phi) is 15.6. The lowest BCUT2D eigenvalue weighted by molar-refractivity contribution is -0.137. The molecule has 0 radical (unpaired) electrons. The Morgan fingerprint density at radius 3 is 1.84 bits per heavy atom. The van der Waals surface area contributed by atoms with E-state index in [2.05, 4.69) is 97.1 Å². The number of azo groups is 2. The second-order valence-corrected chi connectivity index (χ2v) is 25.1. The number of fused-ring (bicyclic) bond motifs is 1. The van der Waals surface area contributed by atoms with Crippen LogP contribution < -0.4 is 10.2 Å². The first-order chi connectivity index (χ1) is 39.1. The van der Waals surface area contributed by atoms with E-state index in [-0.39, 0.29) is 46.1 Å². The number of carboxylic acid groups (broad SMARTS) is 1. The molecule has 6 heterocycles. The van der Waals surface area contributed by atoms with Crippen molar-refractivity contribution in [2.45, 2.75) is 146 Å². The van der Waals surface area contributed by atoms with Crippen LogP contribution in [-0.2, 0) is 27.6 Å². The van der Waals surface area contributed by atoms with E-state index in [4.69, 9.17) is 52.4 Å². The molecule has 2 N–H and O–H groups in total. The highest BCUT2D eigenvalue weighted by atomic mass is 32.1. The Bertz CT molecular complexity index is 4110. The van der Waals surface area contributed by atoms with Gasteiger partial charge in [0.05, 0.1) is 23.7 Å². The molecule has 3 aromatic carbocycles. The average Bonchev–Trinajstić information content (AvgIpc) is 2.29. The third-order valence-corrected chi connectivity index (χ3v) is 14.9. The fraction of sp³-hybridized carbons (Fsp3) is 0.377. The maximum absolute atomic E-state index is 11.7. The van der Waals surface area contributed by atoms with Crippen molar-refractivity contribution >= 4 is 74.7 Å². The second-order valence-electron chi connectivity index (χ2n) is 24.2. The van der Waals surface area contributed by atoms with Crippen molar-refractivity contribution < 1.29 is 9.90 Å². The van der Waals surface area contributed by atoms with E-state index in [1.807, 2.05) is 113 Å². The molecule has 0 amide bonds. The van der Waals surface area contributed by atoms with Gasteiger partial charge in [0.2, 0.25) is 10.3 Å². The number of nitrogens with one attached hydrogen (secondary N) is 1. The third kappa shape index (κ3) is 11.5. The molecule has 0 atom stereocenters. The van der Waals surface area contributed by atoms with Crippen LogP contribution in [0.5, 0.6) is 0 Å². The molecule has 0 aliphatic heterocycles. The topological polar surface area (TPSA) is 240 Å². The Hall–Kier alpha value is -9.28. The third-order valence-electron chi connectivity index (χ3n) is 14.0. The molecule has 0 fully saturated rings. The van der Waals surface area contributed by atoms with Gasteiger partial charge in [-0.25, -0.2) is 14.5 Å². The lowest BCUT2D eigenvalue weighted by atomic mass is 9.90. The van der Waals surface area contributed by atoms with Gasteiger partial charge in [-0.05, 0) is 94.2 Å². The predicted octanol–water partition coefficient (Wildman–Crippen LogP) is 15.5. The first kappa shape index (κ1) is 58.4. The van der Waals surface area contributed by atoms with Gasteiger partial charge in [-0.1, -0.05) is 139 Å². The average molecular weight is 1130 g/mol. The Balaban J connectivity index is 1.20. The number of anilines is 4. The van der Waals surface area contributed by atoms with Gasteiger partial charge in [-0.15, -0.1) is 30.7 Å². The quantitative estimate of drug-likeness (QED) is 0.0720. The molecule has 0 spiro atoms. The minimum atomic E-state index is -0.921. The number of nitriles is 1. The standard InChI is InChI=1S/C61H69N19O2S/c1-33-27-35(3)44(36(4)28-33)65-52-45(37(5)31-42(64-52)76(18)48-38(6)29-34(2)30-39(48)7)66-68-54-41(32-62)49(59(8,9)10)72-79(54)57-70-71-58(83-57)80-55(46(63-17)50(74-80)60(11,12)13)69-67-47-51(61(14,15)16)73-78-53(40-23-20-19-21-24-40)75-77(56(47)78)26-22-25-43(81)82/h19-21,23-24,27-31H,22,25-26H2,1-16,18H3,(H,64,65)(H,81,82). The second kappa shape index (κ2) is 22.2. The van der Waals surface area contributed by atoms with Gasteiger partial charge >= 0.3 is 5.97 Å². The minimum Gasteiger partial charge on any atom is -0.481 e. The maximum atomic E-state index is 11.7. The zero-order valence-electron chi connectivity index (χ0n) is 50.2. The summed E-state index contributed by atoms with van der Waals surface area (Å²) in [4.78, 5) is 23.0. The van der Waals surface area contributed by atoms with Crippen LogP contribution in [0, 0.1) is 66.4 Å². The summed E-state index contributed by atoms with van der Waals surface area (Å²) in [5.74, 6) is 0.980. The molecule has 9 rings (SSSR count). The van der Waals surface area contributed by atoms with Crippen molar-refractivity contribution in [3.63, 3.8) is 0 Å². The highest BCUT2D eigenvalue weighted by Crippen LogP contribution is 2.45. The predicted molar refractivity (Wildman–Crippen MR) is 324 cm³/mol. The molecule has 0 aliphatic carbocycles. The number of aliphatic carboxylic acids is 1. The van der Waals surface area contributed by atoms with E-state index in [1.54, 1.807) is 9.20 Å². The summed E-state index contributed by atoms with van der Waals surface area (Å²) in [7, 11) is 2.01. The van der Waals surface area contributed by atoms with Crippen LogP contribution in [-0.4, -0.2) is 72.3 Å². The number of aromatic nitrogens is 11. The fourth-order valence-corrected chi connectivity index (χ4v) is 11.1. The van der Waals surface area contributed by atoms with Crippen molar-refractivity contribution in [3.05, 3.63) is 134 Å². The maximum Gasteiger partial charge on any atom is 0.303 e. The normalized spacial score (nSPS) is 12.3. The molecule has 426 valence electrons. The lowest BCUT2D eigenvalue weighted by Gasteiger charge is -2.25. The van der Waals surface area contributed by atoms with E-state index < -0.39 is 22.2 Å². The molecular weight excluding hydrogens is 1060 g/mol. The first-order valence-electron chi connectivity index (χ1n) is 27.3. The highest BCUT2D eigenvalue weighted by Gasteiger charge is 2.34. The molecule has 0 unspecified atom stereocenters. The van der Waals surface area contributed by atoms with Crippen LogP contribution in [0.3, 0.4) is 0 Å². The van der Waals surface area contributed by atoms with Crippen molar-refractivity contribution in [2.24, 2.45) is 20.5 Å². The van der Waals surface area contributed by atoms with E-state index in [0.29, 0.717) is 58.0 Å². The molecule has 83 heavy (non-hydrogen) atoms. The van der Waals surface area contributed by atoms with Gasteiger partial charge in [0.25, 0.3) is 5.69 Å². The van der Waals surface area contributed by atoms with Gasteiger partial charge < -0.3 is 15.3 Å². The molecule has 0 saturated carbocycles. The smallest absolute Gasteiger partial charge is 0.303 e.